The fourth-order valence-electron chi connectivity index (χ4n) is 1.44. The van der Waals surface area contributed by atoms with Crippen LogP contribution < -0.4 is 0 Å². The lowest BCUT2D eigenvalue weighted by molar-refractivity contribution is -0.402. The molecule has 1 N–H and O–H groups in total. The fourth-order valence-corrected chi connectivity index (χ4v) is 2.73. The van der Waals surface area contributed by atoms with E-state index in [-0.39, 0.29) is 24.8 Å². The summed E-state index contributed by atoms with van der Waals surface area (Å²) in [5, 5.41) is 19.3. The van der Waals surface area contributed by atoms with Crippen molar-refractivity contribution in [1.29, 1.82) is 0 Å². The van der Waals surface area contributed by atoms with E-state index in [9.17, 15) is 14.9 Å². The zero-order chi connectivity index (χ0) is 14.0. The van der Waals surface area contributed by atoms with E-state index in [1.807, 2.05) is 0 Å². The van der Waals surface area contributed by atoms with E-state index < -0.39 is 10.8 Å². The van der Waals surface area contributed by atoms with Crippen LogP contribution in [0.3, 0.4) is 0 Å². The number of rotatable bonds is 4. The number of thioether (sulfide) groups is 1. The van der Waals surface area contributed by atoms with Crippen LogP contribution in [0.25, 0.3) is 6.08 Å². The maximum absolute atomic E-state index is 11.9. The molecule has 0 aliphatic carbocycles. The van der Waals surface area contributed by atoms with Gasteiger partial charge in [0, 0.05) is 6.08 Å². The van der Waals surface area contributed by atoms with Gasteiger partial charge in [-0.1, -0.05) is 24.0 Å². The van der Waals surface area contributed by atoms with Gasteiger partial charge in [0.05, 0.1) is 24.1 Å². The molecule has 100 valence electrons. The number of nitro groups is 1. The molecule has 19 heavy (non-hydrogen) atoms. The molecule has 2 heterocycles. The van der Waals surface area contributed by atoms with Crippen molar-refractivity contribution in [3.8, 4) is 0 Å². The van der Waals surface area contributed by atoms with Gasteiger partial charge < -0.3 is 9.52 Å². The fraction of sp³-hybridized carbons (Fsp3) is 0.200. The maximum Gasteiger partial charge on any atom is 0.433 e. The first kappa shape index (κ1) is 13.7. The van der Waals surface area contributed by atoms with E-state index in [2.05, 4.69) is 0 Å². The molecule has 1 aliphatic rings. The number of carbonyl (C=O) groups excluding carboxylic acids is 1. The molecule has 0 radical (unpaired) electrons. The third-order valence-electron chi connectivity index (χ3n) is 2.26. The van der Waals surface area contributed by atoms with Crippen LogP contribution in [0, 0.1) is 10.1 Å². The first-order valence-corrected chi connectivity index (χ1v) is 6.36. The third kappa shape index (κ3) is 2.83. The Morgan fingerprint density at radius 3 is 2.89 bits per heavy atom. The van der Waals surface area contributed by atoms with Gasteiger partial charge in [-0.05, 0) is 6.07 Å². The topological polar surface area (TPSA) is 96.8 Å². The van der Waals surface area contributed by atoms with Crippen LogP contribution in [-0.4, -0.2) is 38.3 Å². The lowest BCUT2D eigenvalue weighted by Gasteiger charge is -2.11. The highest BCUT2D eigenvalue weighted by atomic mass is 32.2. The molecule has 7 nitrogen and oxygen atoms in total. The number of nitrogens with zero attached hydrogens (tertiary/aromatic N) is 2. The Morgan fingerprint density at radius 2 is 2.32 bits per heavy atom. The molecule has 1 amide bonds. The first-order chi connectivity index (χ1) is 9.02. The number of carbonyl (C=O) groups is 1. The summed E-state index contributed by atoms with van der Waals surface area (Å²) in [4.78, 5) is 23.3. The Kier molecular flexibility index (Phi) is 3.98. The summed E-state index contributed by atoms with van der Waals surface area (Å²) in [5.74, 6) is -0.531. The van der Waals surface area contributed by atoms with Crippen LogP contribution in [0.2, 0.25) is 0 Å². The number of aliphatic hydroxyl groups is 1. The van der Waals surface area contributed by atoms with Crippen molar-refractivity contribution >= 4 is 46.2 Å². The molecule has 9 heteroatoms. The minimum atomic E-state index is -0.658. The van der Waals surface area contributed by atoms with Gasteiger partial charge in [-0.15, -0.1) is 0 Å². The normalized spacial score (nSPS) is 17.5. The Bertz CT molecular complexity index is 580. The summed E-state index contributed by atoms with van der Waals surface area (Å²) in [7, 11) is 0. The van der Waals surface area contributed by atoms with Gasteiger partial charge in [0.25, 0.3) is 5.91 Å². The smallest absolute Gasteiger partial charge is 0.401 e. The average molecular weight is 300 g/mol. The van der Waals surface area contributed by atoms with Crippen molar-refractivity contribution in [1.82, 2.24) is 4.90 Å². The van der Waals surface area contributed by atoms with E-state index in [1.54, 1.807) is 0 Å². The summed E-state index contributed by atoms with van der Waals surface area (Å²) in [6.45, 7) is -0.0632. The molecule has 1 aliphatic heterocycles. The Balaban J connectivity index is 2.22. The van der Waals surface area contributed by atoms with Crippen LogP contribution in [-0.2, 0) is 4.79 Å². The zero-order valence-electron chi connectivity index (χ0n) is 9.44. The van der Waals surface area contributed by atoms with Crippen molar-refractivity contribution in [2.75, 3.05) is 13.2 Å². The van der Waals surface area contributed by atoms with Crippen molar-refractivity contribution in [2.24, 2.45) is 0 Å². The van der Waals surface area contributed by atoms with Gasteiger partial charge in [0.2, 0.25) is 0 Å². The molecule has 0 spiro atoms. The second-order valence-electron chi connectivity index (χ2n) is 3.49. The van der Waals surface area contributed by atoms with Crippen LogP contribution >= 0.6 is 24.0 Å². The van der Waals surface area contributed by atoms with E-state index in [1.165, 1.54) is 23.1 Å². The SMILES string of the molecule is O=C1/C(=C/c2ccc([N+](=O)[O-])o2)SC(=S)N1CCO. The van der Waals surface area contributed by atoms with Crippen LogP contribution in [0.1, 0.15) is 5.76 Å². The largest absolute Gasteiger partial charge is 0.433 e. The van der Waals surface area contributed by atoms with Crippen molar-refractivity contribution in [3.63, 3.8) is 0 Å². The highest BCUT2D eigenvalue weighted by Crippen LogP contribution is 2.32. The Morgan fingerprint density at radius 1 is 1.58 bits per heavy atom. The lowest BCUT2D eigenvalue weighted by Crippen LogP contribution is -2.30. The van der Waals surface area contributed by atoms with Gasteiger partial charge in [-0.25, -0.2) is 0 Å². The zero-order valence-corrected chi connectivity index (χ0v) is 11.1. The van der Waals surface area contributed by atoms with E-state index >= 15 is 0 Å². The van der Waals surface area contributed by atoms with Crippen LogP contribution in [0.4, 0.5) is 5.88 Å². The van der Waals surface area contributed by atoms with Crippen molar-refractivity contribution in [3.05, 3.63) is 32.9 Å². The third-order valence-corrected chi connectivity index (χ3v) is 3.64. The number of amides is 1. The Labute approximate surface area is 117 Å². The van der Waals surface area contributed by atoms with E-state index in [0.717, 1.165) is 11.8 Å². The Hall–Kier alpha value is -1.71. The number of aliphatic hydroxyl groups excluding tert-OH is 1. The monoisotopic (exact) mass is 300 g/mol. The molecule has 0 bridgehead atoms. The molecule has 1 saturated heterocycles. The van der Waals surface area contributed by atoms with Crippen molar-refractivity contribution in [2.45, 2.75) is 0 Å². The number of hydrogen-bond acceptors (Lipinski definition) is 7. The first-order valence-electron chi connectivity index (χ1n) is 5.13. The molecular formula is C10H8N2O5S2. The highest BCUT2D eigenvalue weighted by Gasteiger charge is 2.31. The molecule has 0 saturated carbocycles. The second kappa shape index (κ2) is 5.51. The van der Waals surface area contributed by atoms with Gasteiger partial charge in [0.15, 0.2) is 0 Å². The van der Waals surface area contributed by atoms with Crippen LogP contribution in [0.15, 0.2) is 21.5 Å². The average Bonchev–Trinajstić information content (AvgIpc) is 2.91. The highest BCUT2D eigenvalue weighted by molar-refractivity contribution is 8.26. The van der Waals surface area contributed by atoms with Gasteiger partial charge in [-0.2, -0.15) is 0 Å². The van der Waals surface area contributed by atoms with Gasteiger partial charge in [-0.3, -0.25) is 19.8 Å². The summed E-state index contributed by atoms with van der Waals surface area (Å²) < 4.78 is 5.27. The number of β-amino-alcohol motifs (C(OH)–C–C–N with tert-alkyl or cyclic N) is 1. The number of thiocarbonyl (C=S) groups is 1. The molecule has 1 fully saturated rings. The maximum atomic E-state index is 11.9. The molecule has 2 rings (SSSR count). The number of hydrogen-bond donors (Lipinski definition) is 1. The quantitative estimate of drug-likeness (QED) is 0.388. The van der Waals surface area contributed by atoms with Gasteiger partial charge in [0.1, 0.15) is 15.0 Å². The lowest BCUT2D eigenvalue weighted by atomic mass is 10.3. The standard InChI is InChI=1S/C10H8N2O5S2/c13-4-3-11-9(14)7(19-10(11)18)5-6-1-2-8(17-6)12(15)16/h1-2,5,13H,3-4H2/b7-5-. The molecule has 1 aromatic rings. The summed E-state index contributed by atoms with van der Waals surface area (Å²) in [6.07, 6.45) is 1.39. The molecule has 1 aromatic heterocycles. The van der Waals surface area contributed by atoms with Gasteiger partial charge >= 0.3 is 5.88 Å². The van der Waals surface area contributed by atoms with Crippen molar-refractivity contribution < 1.29 is 19.2 Å². The summed E-state index contributed by atoms with van der Waals surface area (Å²) in [5.41, 5.74) is 0. The number of furan rings is 1. The van der Waals surface area contributed by atoms with E-state index in [4.69, 9.17) is 21.7 Å². The second-order valence-corrected chi connectivity index (χ2v) is 5.17. The van der Waals surface area contributed by atoms with E-state index in [0.29, 0.717) is 9.23 Å². The minimum absolute atomic E-state index is 0.125. The molecule has 0 aromatic carbocycles. The van der Waals surface area contributed by atoms with Crippen LogP contribution in [0.5, 0.6) is 0 Å². The molecular weight excluding hydrogens is 292 g/mol. The summed E-state index contributed by atoms with van der Waals surface area (Å²) in [6, 6.07) is 2.61. The minimum Gasteiger partial charge on any atom is -0.401 e. The molecule has 0 unspecified atom stereocenters. The summed E-state index contributed by atoms with van der Waals surface area (Å²) >= 11 is 6.06. The predicted octanol–water partition coefficient (Wildman–Crippen LogP) is 1.38. The predicted molar refractivity (Wildman–Crippen MR) is 72.3 cm³/mol. The molecule has 0 atom stereocenters.